The minimum atomic E-state index is -0.296. The van der Waals surface area contributed by atoms with Gasteiger partial charge in [0.1, 0.15) is 11.6 Å². The summed E-state index contributed by atoms with van der Waals surface area (Å²) in [7, 11) is 0. The summed E-state index contributed by atoms with van der Waals surface area (Å²) in [6.45, 7) is 2.51. The van der Waals surface area contributed by atoms with E-state index < -0.39 is 0 Å². The zero-order valence-electron chi connectivity index (χ0n) is 12.0. The van der Waals surface area contributed by atoms with Gasteiger partial charge in [0.25, 0.3) is 0 Å². The van der Waals surface area contributed by atoms with Crippen molar-refractivity contribution in [3.05, 3.63) is 59.9 Å². The highest BCUT2D eigenvalue weighted by atomic mass is 32.1. The van der Waals surface area contributed by atoms with Crippen molar-refractivity contribution in [3.8, 4) is 5.75 Å². The van der Waals surface area contributed by atoms with Crippen LogP contribution in [0.4, 0.5) is 10.1 Å². The smallest absolute Gasteiger partial charge is 0.191 e. The minimum Gasteiger partial charge on any atom is -0.493 e. The van der Waals surface area contributed by atoms with Crippen LogP contribution in [0.15, 0.2) is 53.6 Å². The Morgan fingerprint density at radius 3 is 2.68 bits per heavy atom. The fraction of sp³-hybridized carbons (Fsp3) is 0.125. The summed E-state index contributed by atoms with van der Waals surface area (Å²) in [4.78, 5) is 0. The van der Waals surface area contributed by atoms with E-state index in [4.69, 9.17) is 17.0 Å². The molecule has 0 aliphatic carbocycles. The van der Waals surface area contributed by atoms with Crippen molar-refractivity contribution in [1.82, 2.24) is 5.43 Å². The molecule has 0 radical (unpaired) electrons. The van der Waals surface area contributed by atoms with Gasteiger partial charge in [-0.1, -0.05) is 12.1 Å². The molecule has 6 heteroatoms. The number of benzene rings is 2. The molecule has 0 unspecified atom stereocenters. The fourth-order valence-corrected chi connectivity index (χ4v) is 1.90. The summed E-state index contributed by atoms with van der Waals surface area (Å²) < 4.78 is 18.3. The third kappa shape index (κ3) is 4.82. The Balaban J connectivity index is 1.92. The van der Waals surface area contributed by atoms with Crippen LogP contribution in [0.25, 0.3) is 0 Å². The van der Waals surface area contributed by atoms with E-state index in [0.717, 1.165) is 11.3 Å². The molecule has 2 aromatic carbocycles. The first-order chi connectivity index (χ1) is 10.7. The Hall–Kier alpha value is -2.47. The maximum absolute atomic E-state index is 12.8. The number of nitrogens with one attached hydrogen (secondary N) is 2. The highest BCUT2D eigenvalue weighted by molar-refractivity contribution is 7.80. The highest BCUT2D eigenvalue weighted by Crippen LogP contribution is 2.15. The summed E-state index contributed by atoms with van der Waals surface area (Å²) in [5.41, 5.74) is 4.24. The number of halogens is 1. The molecule has 0 spiro atoms. The van der Waals surface area contributed by atoms with E-state index in [1.54, 1.807) is 18.3 Å². The molecule has 2 aromatic rings. The number of nitrogens with zero attached hydrogens (tertiary/aromatic N) is 1. The number of hydrogen-bond donors (Lipinski definition) is 2. The monoisotopic (exact) mass is 317 g/mol. The van der Waals surface area contributed by atoms with Crippen molar-refractivity contribution < 1.29 is 9.13 Å². The zero-order valence-corrected chi connectivity index (χ0v) is 12.9. The van der Waals surface area contributed by atoms with E-state index in [9.17, 15) is 4.39 Å². The van der Waals surface area contributed by atoms with Gasteiger partial charge in [0, 0.05) is 11.3 Å². The van der Waals surface area contributed by atoms with Gasteiger partial charge in [-0.3, -0.25) is 5.43 Å². The fourth-order valence-electron chi connectivity index (χ4n) is 1.73. The molecule has 0 amide bonds. The largest absolute Gasteiger partial charge is 0.493 e. The summed E-state index contributed by atoms with van der Waals surface area (Å²) in [6.07, 6.45) is 1.63. The van der Waals surface area contributed by atoms with Crippen LogP contribution in [0, 0.1) is 5.82 Å². The second-order valence-electron chi connectivity index (χ2n) is 4.30. The summed E-state index contributed by atoms with van der Waals surface area (Å²) in [5.74, 6) is 0.461. The van der Waals surface area contributed by atoms with Gasteiger partial charge < -0.3 is 10.1 Å². The molecule has 0 aromatic heterocycles. The normalized spacial score (nSPS) is 10.5. The van der Waals surface area contributed by atoms with Crippen LogP contribution in [0.2, 0.25) is 0 Å². The summed E-state index contributed by atoms with van der Waals surface area (Å²) in [6, 6.07) is 13.5. The Kier molecular flexibility index (Phi) is 5.85. The van der Waals surface area contributed by atoms with Crippen LogP contribution < -0.4 is 15.5 Å². The average Bonchev–Trinajstić information content (AvgIpc) is 2.51. The predicted octanol–water partition coefficient (Wildman–Crippen LogP) is 3.54. The quantitative estimate of drug-likeness (QED) is 0.503. The topological polar surface area (TPSA) is 45.6 Å². The van der Waals surface area contributed by atoms with E-state index in [-0.39, 0.29) is 5.82 Å². The lowest BCUT2D eigenvalue weighted by molar-refractivity contribution is 0.340. The SMILES string of the molecule is CCOc1ccccc1/C=N\NC(=S)Nc1ccc(F)cc1. The molecular formula is C16H16FN3OS. The summed E-state index contributed by atoms with van der Waals surface area (Å²) in [5, 5.41) is 7.29. The Bertz CT molecular complexity index is 659. The standard InChI is InChI=1S/C16H16FN3OS/c1-2-21-15-6-4-3-5-12(15)11-18-20-16(22)19-14-9-7-13(17)8-10-14/h3-11H,2H2,1H3,(H2,19,20,22)/b18-11-. The number of anilines is 1. The van der Waals surface area contributed by atoms with E-state index >= 15 is 0 Å². The maximum Gasteiger partial charge on any atom is 0.191 e. The van der Waals surface area contributed by atoms with Crippen molar-refractivity contribution in [1.29, 1.82) is 0 Å². The molecular weight excluding hydrogens is 301 g/mol. The number of para-hydroxylation sites is 1. The zero-order chi connectivity index (χ0) is 15.8. The van der Waals surface area contributed by atoms with Crippen molar-refractivity contribution in [3.63, 3.8) is 0 Å². The third-order valence-electron chi connectivity index (χ3n) is 2.69. The first-order valence-electron chi connectivity index (χ1n) is 6.76. The number of rotatable bonds is 5. The Morgan fingerprint density at radius 2 is 1.95 bits per heavy atom. The molecule has 0 atom stereocenters. The van der Waals surface area contributed by atoms with Crippen molar-refractivity contribution in [2.75, 3.05) is 11.9 Å². The molecule has 0 saturated heterocycles. The predicted molar refractivity (Wildman–Crippen MR) is 91.0 cm³/mol. The van der Waals surface area contributed by atoms with E-state index in [1.165, 1.54) is 12.1 Å². The second kappa shape index (κ2) is 8.09. The molecule has 4 nitrogen and oxygen atoms in total. The van der Waals surface area contributed by atoms with Gasteiger partial charge in [-0.25, -0.2) is 4.39 Å². The molecule has 0 saturated carbocycles. The van der Waals surface area contributed by atoms with Gasteiger partial charge in [-0.2, -0.15) is 5.10 Å². The van der Waals surface area contributed by atoms with Gasteiger partial charge in [0.2, 0.25) is 0 Å². The molecule has 0 heterocycles. The minimum absolute atomic E-state index is 0.296. The first kappa shape index (κ1) is 15.9. The summed E-state index contributed by atoms with van der Waals surface area (Å²) >= 11 is 5.11. The van der Waals surface area contributed by atoms with E-state index in [0.29, 0.717) is 17.4 Å². The third-order valence-corrected chi connectivity index (χ3v) is 2.88. The molecule has 0 fully saturated rings. The number of hydrazone groups is 1. The first-order valence-corrected chi connectivity index (χ1v) is 7.17. The van der Waals surface area contributed by atoms with E-state index in [2.05, 4.69) is 15.8 Å². The Labute approximate surface area is 134 Å². The van der Waals surface area contributed by atoms with Gasteiger partial charge in [-0.15, -0.1) is 0 Å². The lowest BCUT2D eigenvalue weighted by Gasteiger charge is -2.08. The molecule has 2 rings (SSSR count). The molecule has 0 aliphatic heterocycles. The van der Waals surface area contributed by atoms with Gasteiger partial charge in [0.05, 0.1) is 12.8 Å². The molecule has 114 valence electrons. The van der Waals surface area contributed by atoms with Gasteiger partial charge >= 0.3 is 0 Å². The van der Waals surface area contributed by atoms with Crippen LogP contribution in [-0.4, -0.2) is 17.9 Å². The lowest BCUT2D eigenvalue weighted by Crippen LogP contribution is -2.23. The van der Waals surface area contributed by atoms with Gasteiger partial charge in [-0.05, 0) is 55.5 Å². The maximum atomic E-state index is 12.8. The van der Waals surface area contributed by atoms with Crippen molar-refractivity contribution >= 4 is 29.2 Å². The molecule has 2 N–H and O–H groups in total. The van der Waals surface area contributed by atoms with Gasteiger partial charge in [0.15, 0.2) is 5.11 Å². The molecule has 0 aliphatic rings. The van der Waals surface area contributed by atoms with Crippen molar-refractivity contribution in [2.45, 2.75) is 6.92 Å². The lowest BCUT2D eigenvalue weighted by atomic mass is 10.2. The van der Waals surface area contributed by atoms with Crippen LogP contribution in [0.5, 0.6) is 5.75 Å². The number of thiocarbonyl (C=S) groups is 1. The van der Waals surface area contributed by atoms with Crippen molar-refractivity contribution in [2.24, 2.45) is 5.10 Å². The number of hydrogen-bond acceptors (Lipinski definition) is 3. The van der Waals surface area contributed by atoms with Crippen LogP contribution in [-0.2, 0) is 0 Å². The molecule has 0 bridgehead atoms. The van der Waals surface area contributed by atoms with Crippen LogP contribution in [0.1, 0.15) is 12.5 Å². The Morgan fingerprint density at radius 1 is 1.23 bits per heavy atom. The second-order valence-corrected chi connectivity index (χ2v) is 4.71. The van der Waals surface area contributed by atoms with E-state index in [1.807, 2.05) is 31.2 Å². The molecule has 22 heavy (non-hydrogen) atoms. The highest BCUT2D eigenvalue weighted by Gasteiger charge is 1.99. The average molecular weight is 317 g/mol. The van der Waals surface area contributed by atoms with Crippen LogP contribution >= 0.6 is 12.2 Å². The van der Waals surface area contributed by atoms with Crippen LogP contribution in [0.3, 0.4) is 0 Å². The number of ether oxygens (including phenoxy) is 1.